The molecule has 8 heteroatoms. The molecule has 3 aromatic rings. The first-order valence-electron chi connectivity index (χ1n) is 12.1. The second-order valence-corrected chi connectivity index (χ2v) is 10.2. The van der Waals surface area contributed by atoms with Gasteiger partial charge in [-0.3, -0.25) is 14.7 Å². The van der Waals surface area contributed by atoms with E-state index in [2.05, 4.69) is 21.4 Å². The van der Waals surface area contributed by atoms with Crippen LogP contribution in [0.3, 0.4) is 0 Å². The Morgan fingerprint density at radius 2 is 1.91 bits per heavy atom. The van der Waals surface area contributed by atoms with E-state index in [-0.39, 0.29) is 23.2 Å². The normalized spacial score (nSPS) is 21.4. The number of amides is 1. The van der Waals surface area contributed by atoms with E-state index in [4.69, 9.17) is 11.5 Å². The monoisotopic (exact) mass is 460 g/mol. The molecule has 5 N–H and O–H groups in total. The third-order valence-corrected chi connectivity index (χ3v) is 7.47. The van der Waals surface area contributed by atoms with Gasteiger partial charge in [-0.25, -0.2) is 4.68 Å². The van der Waals surface area contributed by atoms with Gasteiger partial charge in [0.2, 0.25) is 0 Å². The number of hydrogen-bond acceptors (Lipinski definition) is 5. The second-order valence-electron chi connectivity index (χ2n) is 10.2. The highest BCUT2D eigenvalue weighted by Gasteiger charge is 2.41. The van der Waals surface area contributed by atoms with Crippen molar-refractivity contribution in [1.82, 2.24) is 20.0 Å². The molecule has 2 fully saturated rings. The van der Waals surface area contributed by atoms with Crippen LogP contribution in [-0.2, 0) is 17.6 Å². The fourth-order valence-electron chi connectivity index (χ4n) is 5.84. The van der Waals surface area contributed by atoms with Crippen molar-refractivity contribution in [2.24, 2.45) is 17.6 Å². The maximum absolute atomic E-state index is 12.7. The number of rotatable bonds is 8. The molecule has 1 amide bonds. The van der Waals surface area contributed by atoms with Crippen molar-refractivity contribution in [3.63, 3.8) is 0 Å². The molecule has 0 aliphatic heterocycles. The minimum absolute atomic E-state index is 0.00411. The van der Waals surface area contributed by atoms with Crippen LogP contribution in [0.4, 0.5) is 5.82 Å². The molecule has 2 saturated carbocycles. The first-order chi connectivity index (χ1) is 16.3. The minimum atomic E-state index is -0.608. The number of aromatic nitrogens is 4. The summed E-state index contributed by atoms with van der Waals surface area (Å²) >= 11 is 0. The zero-order valence-electron chi connectivity index (χ0n) is 19.8. The highest BCUT2D eigenvalue weighted by Crippen LogP contribution is 2.52. The summed E-state index contributed by atoms with van der Waals surface area (Å²) in [5.74, 6) is 1.98. The van der Waals surface area contributed by atoms with E-state index in [1.165, 1.54) is 25.7 Å². The average molecular weight is 461 g/mol. The molecular weight excluding hydrogens is 428 g/mol. The van der Waals surface area contributed by atoms with Gasteiger partial charge in [-0.15, -0.1) is 0 Å². The Hall–Kier alpha value is -3.42. The van der Waals surface area contributed by atoms with E-state index >= 15 is 0 Å². The van der Waals surface area contributed by atoms with E-state index in [0.717, 1.165) is 34.4 Å². The lowest BCUT2D eigenvalue weighted by Gasteiger charge is -2.19. The molecule has 1 aromatic carbocycles. The topological polar surface area (TPSA) is 133 Å². The number of Topliss-reactive ketones (excluding diaryl/α,β-unsaturated/α-hetero) is 1. The number of benzene rings is 1. The lowest BCUT2D eigenvalue weighted by Crippen LogP contribution is -2.15. The molecule has 8 nitrogen and oxygen atoms in total. The molecule has 0 spiro atoms. The van der Waals surface area contributed by atoms with Crippen molar-refractivity contribution < 1.29 is 9.59 Å². The maximum atomic E-state index is 12.7. The smallest absolute Gasteiger partial charge is 0.254 e. The van der Waals surface area contributed by atoms with Gasteiger partial charge >= 0.3 is 0 Å². The van der Waals surface area contributed by atoms with Crippen LogP contribution >= 0.6 is 0 Å². The standard InChI is InChI=1S/C26H32N6O2/c1-14(2)32-25(27)23(26(28)34)24(31-32)17-6-3-15(4-7-17)10-20(33)12-19-13-22(30-29-19)21-11-16-5-8-18(21)9-16/h3-4,6-7,13-14,16,18,21H,5,8-12,27H2,1-2H3,(H2,28,34)(H,29,30). The summed E-state index contributed by atoms with van der Waals surface area (Å²) in [6.07, 6.45) is 5.94. The van der Waals surface area contributed by atoms with Crippen molar-refractivity contribution in [2.75, 3.05) is 5.73 Å². The Labute approximate surface area is 199 Å². The minimum Gasteiger partial charge on any atom is -0.383 e. The molecule has 3 atom stereocenters. The number of ketones is 1. The number of primary amides is 1. The molecule has 0 saturated heterocycles. The third kappa shape index (κ3) is 4.13. The van der Waals surface area contributed by atoms with Gasteiger partial charge in [0.15, 0.2) is 0 Å². The van der Waals surface area contributed by atoms with E-state index in [0.29, 0.717) is 24.5 Å². The van der Waals surface area contributed by atoms with E-state index < -0.39 is 5.91 Å². The SMILES string of the molecule is CC(C)n1nc(-c2ccc(CC(=O)Cc3cc(C4CC5CCC4C5)n[nH]3)cc2)c(C(N)=O)c1N. The highest BCUT2D eigenvalue weighted by atomic mass is 16.1. The zero-order valence-corrected chi connectivity index (χ0v) is 19.8. The van der Waals surface area contributed by atoms with Crippen LogP contribution in [0.1, 0.15) is 78.8 Å². The molecule has 34 heavy (non-hydrogen) atoms. The Morgan fingerprint density at radius 3 is 2.53 bits per heavy atom. The molecule has 3 unspecified atom stereocenters. The fraction of sp³-hybridized carbons (Fsp3) is 0.462. The average Bonchev–Trinajstić information content (AvgIpc) is 3.57. The van der Waals surface area contributed by atoms with Gasteiger partial charge in [-0.1, -0.05) is 30.7 Å². The highest BCUT2D eigenvalue weighted by molar-refractivity contribution is 6.03. The first kappa shape index (κ1) is 22.4. The van der Waals surface area contributed by atoms with Crippen LogP contribution in [0.25, 0.3) is 11.3 Å². The predicted molar refractivity (Wildman–Crippen MR) is 130 cm³/mol. The van der Waals surface area contributed by atoms with Crippen LogP contribution in [-0.4, -0.2) is 31.7 Å². The summed E-state index contributed by atoms with van der Waals surface area (Å²) in [6, 6.07) is 9.56. The summed E-state index contributed by atoms with van der Waals surface area (Å²) in [5.41, 5.74) is 16.0. The summed E-state index contributed by atoms with van der Waals surface area (Å²) < 4.78 is 1.60. The van der Waals surface area contributed by atoms with Crippen molar-refractivity contribution >= 4 is 17.5 Å². The quantitative estimate of drug-likeness (QED) is 0.470. The van der Waals surface area contributed by atoms with Crippen molar-refractivity contribution in [1.29, 1.82) is 0 Å². The van der Waals surface area contributed by atoms with Crippen molar-refractivity contribution in [3.05, 3.63) is 52.8 Å². The molecule has 0 radical (unpaired) electrons. The maximum Gasteiger partial charge on any atom is 0.254 e. The number of fused-ring (bicyclic) bond motifs is 2. The number of nitrogens with zero attached hydrogens (tertiary/aromatic N) is 3. The number of aromatic amines is 1. The number of carbonyl (C=O) groups excluding carboxylic acids is 2. The van der Waals surface area contributed by atoms with Gasteiger partial charge in [0.1, 0.15) is 22.9 Å². The van der Waals surface area contributed by atoms with Crippen molar-refractivity contribution in [3.8, 4) is 11.3 Å². The number of anilines is 1. The van der Waals surface area contributed by atoms with Crippen LogP contribution in [0.2, 0.25) is 0 Å². The molecular formula is C26H32N6O2. The number of H-pyrrole nitrogens is 1. The van der Waals surface area contributed by atoms with Gasteiger partial charge in [0, 0.05) is 36.1 Å². The summed E-state index contributed by atoms with van der Waals surface area (Å²) in [5, 5.41) is 12.1. The van der Waals surface area contributed by atoms with Gasteiger partial charge in [0.25, 0.3) is 5.91 Å². The van der Waals surface area contributed by atoms with E-state index in [1.54, 1.807) is 4.68 Å². The second kappa shape index (κ2) is 8.74. The van der Waals surface area contributed by atoms with Crippen LogP contribution in [0.5, 0.6) is 0 Å². The molecule has 2 aliphatic rings. The molecule has 2 bridgehead atoms. The number of nitrogens with one attached hydrogen (secondary N) is 1. The molecule has 2 aliphatic carbocycles. The number of nitrogen functional groups attached to an aromatic ring is 1. The lowest BCUT2D eigenvalue weighted by molar-refractivity contribution is -0.117. The molecule has 5 rings (SSSR count). The fourth-order valence-corrected chi connectivity index (χ4v) is 5.84. The summed E-state index contributed by atoms with van der Waals surface area (Å²) in [4.78, 5) is 24.7. The van der Waals surface area contributed by atoms with E-state index in [1.807, 2.05) is 38.1 Å². The lowest BCUT2D eigenvalue weighted by atomic mass is 9.86. The summed E-state index contributed by atoms with van der Waals surface area (Å²) in [6.45, 7) is 3.88. The first-order valence-corrected chi connectivity index (χ1v) is 12.1. The van der Waals surface area contributed by atoms with Crippen molar-refractivity contribution in [2.45, 2.75) is 64.3 Å². The molecule has 2 aromatic heterocycles. The number of hydrogen-bond donors (Lipinski definition) is 3. The van der Waals surface area contributed by atoms with Crippen LogP contribution in [0, 0.1) is 11.8 Å². The molecule has 178 valence electrons. The number of carbonyl (C=O) groups is 2. The van der Waals surface area contributed by atoms with Gasteiger partial charge in [0.05, 0.1) is 5.69 Å². The Bertz CT molecular complexity index is 1220. The Morgan fingerprint density at radius 1 is 1.15 bits per heavy atom. The Balaban J connectivity index is 1.25. The zero-order chi connectivity index (χ0) is 24.0. The van der Waals surface area contributed by atoms with Gasteiger partial charge in [-0.05, 0) is 56.6 Å². The predicted octanol–water partition coefficient (Wildman–Crippen LogP) is 3.79. The van der Waals surface area contributed by atoms with E-state index in [9.17, 15) is 9.59 Å². The van der Waals surface area contributed by atoms with Crippen LogP contribution in [0.15, 0.2) is 30.3 Å². The molecule has 2 heterocycles. The third-order valence-electron chi connectivity index (χ3n) is 7.47. The largest absolute Gasteiger partial charge is 0.383 e. The summed E-state index contributed by atoms with van der Waals surface area (Å²) in [7, 11) is 0. The van der Waals surface area contributed by atoms with Gasteiger partial charge in [-0.2, -0.15) is 10.2 Å². The Kier molecular flexibility index (Phi) is 5.75. The van der Waals surface area contributed by atoms with Gasteiger partial charge < -0.3 is 11.5 Å². The van der Waals surface area contributed by atoms with Crippen LogP contribution < -0.4 is 11.5 Å². The number of nitrogens with two attached hydrogens (primary N) is 2.